The summed E-state index contributed by atoms with van der Waals surface area (Å²) in [7, 11) is 0. The molecule has 0 rings (SSSR count). The minimum absolute atomic E-state index is 0.0991. The van der Waals surface area contributed by atoms with Crippen molar-refractivity contribution >= 4 is 17.9 Å². The van der Waals surface area contributed by atoms with Gasteiger partial charge in [-0.15, -0.1) is 0 Å². The molecule has 6 nitrogen and oxygen atoms in total. The number of esters is 3. The number of hydrogen-bond donors (Lipinski definition) is 0. The van der Waals surface area contributed by atoms with Crippen LogP contribution in [0.4, 0.5) is 0 Å². The minimum atomic E-state index is -0.802. The third-order valence-electron chi connectivity index (χ3n) is 11.5. The van der Waals surface area contributed by atoms with Gasteiger partial charge in [-0.1, -0.05) is 271 Å². The van der Waals surface area contributed by atoms with Gasteiger partial charge in [-0.2, -0.15) is 0 Å². The Morgan fingerprint density at radius 3 is 0.925 bits per heavy atom. The lowest BCUT2D eigenvalue weighted by atomic mass is 10.0. The number of ether oxygens (including phenoxy) is 3. The van der Waals surface area contributed by atoms with Crippen molar-refractivity contribution in [3.63, 3.8) is 0 Å². The van der Waals surface area contributed by atoms with E-state index in [9.17, 15) is 14.4 Å². The summed E-state index contributed by atoms with van der Waals surface area (Å²) < 4.78 is 16.8. The standard InChI is InChI=1S/C61H100O6/c1-4-7-10-13-16-19-22-25-28-30-33-36-39-42-45-48-51-54-60(63)66-57-58(56-65-59(62)53-50-47-44-41-38-35-32-27-24-21-18-15-12-9-6-3)67-61(64)55-52-49-46-43-40-37-34-31-29-26-23-20-17-14-11-8-5-2/h7,9-10,12-13,15-16,18-19,21-22,24-25,28,30,33,36,39,58H,4-6,8,11,14,17,20,23,26-27,29,31-32,34-35,37-38,40-57H2,1-3H3/b10-7-,12-9-,16-13-,18-15-,22-19-,24-21-,28-25-,33-30+,39-36-. The molecule has 0 aliphatic carbocycles. The lowest BCUT2D eigenvalue weighted by Gasteiger charge is -2.18. The average Bonchev–Trinajstić information content (AvgIpc) is 3.33. The van der Waals surface area contributed by atoms with Gasteiger partial charge in [0.15, 0.2) is 6.10 Å². The first kappa shape index (κ1) is 63.1. The molecular formula is C61H100O6. The molecule has 0 amide bonds. The van der Waals surface area contributed by atoms with Crippen LogP contribution in [0.5, 0.6) is 0 Å². The predicted molar refractivity (Wildman–Crippen MR) is 288 cm³/mol. The van der Waals surface area contributed by atoms with Crippen LogP contribution in [-0.2, 0) is 28.6 Å². The number of rotatable bonds is 48. The largest absolute Gasteiger partial charge is 0.462 e. The van der Waals surface area contributed by atoms with Crippen LogP contribution in [0.25, 0.3) is 0 Å². The first-order chi connectivity index (χ1) is 33.0. The fourth-order valence-corrected chi connectivity index (χ4v) is 7.42. The van der Waals surface area contributed by atoms with Gasteiger partial charge in [-0.05, 0) is 57.8 Å². The normalized spacial score (nSPS) is 12.9. The molecule has 0 aliphatic heterocycles. The molecule has 0 aliphatic rings. The smallest absolute Gasteiger partial charge is 0.306 e. The summed E-state index contributed by atoms with van der Waals surface area (Å²) in [6.07, 6.45) is 73.5. The third-order valence-corrected chi connectivity index (χ3v) is 11.5. The Labute approximate surface area is 412 Å². The molecule has 380 valence electrons. The van der Waals surface area contributed by atoms with Crippen molar-refractivity contribution in [2.24, 2.45) is 0 Å². The molecule has 67 heavy (non-hydrogen) atoms. The lowest BCUT2D eigenvalue weighted by Crippen LogP contribution is -2.30. The molecule has 0 saturated carbocycles. The molecule has 0 radical (unpaired) electrons. The lowest BCUT2D eigenvalue weighted by molar-refractivity contribution is -0.167. The number of allylic oxidation sites excluding steroid dienone is 18. The molecule has 0 spiro atoms. The highest BCUT2D eigenvalue weighted by atomic mass is 16.6. The van der Waals surface area contributed by atoms with E-state index in [1.54, 1.807) is 0 Å². The summed E-state index contributed by atoms with van der Waals surface area (Å²) in [6.45, 7) is 6.32. The van der Waals surface area contributed by atoms with E-state index in [1.807, 2.05) is 60.8 Å². The van der Waals surface area contributed by atoms with Gasteiger partial charge in [-0.3, -0.25) is 14.4 Å². The molecule has 1 unspecified atom stereocenters. The molecule has 0 bridgehead atoms. The van der Waals surface area contributed by atoms with Crippen molar-refractivity contribution in [2.75, 3.05) is 13.2 Å². The Balaban J connectivity index is 4.49. The molecule has 1 atom stereocenters. The SMILES string of the molecule is CC\C=C/C=C\C=C/C=C\C=C\C=C/CCCCCC(=O)OCC(COC(=O)CCCCCCCCC\C=C/C=C\C=C/CC)OC(=O)CCCCCCCCCCCCCCCCCCC. The summed E-state index contributed by atoms with van der Waals surface area (Å²) >= 11 is 0. The van der Waals surface area contributed by atoms with Gasteiger partial charge in [0.2, 0.25) is 0 Å². The highest BCUT2D eigenvalue weighted by Crippen LogP contribution is 2.16. The fraction of sp³-hybridized carbons (Fsp3) is 0.656. The van der Waals surface area contributed by atoms with E-state index in [0.29, 0.717) is 19.3 Å². The minimum Gasteiger partial charge on any atom is -0.462 e. The monoisotopic (exact) mass is 929 g/mol. The van der Waals surface area contributed by atoms with Gasteiger partial charge in [0.25, 0.3) is 0 Å². The van der Waals surface area contributed by atoms with E-state index >= 15 is 0 Å². The maximum atomic E-state index is 12.8. The first-order valence-corrected chi connectivity index (χ1v) is 27.5. The van der Waals surface area contributed by atoms with Gasteiger partial charge in [0, 0.05) is 19.3 Å². The second-order valence-corrected chi connectivity index (χ2v) is 18.0. The van der Waals surface area contributed by atoms with Crippen LogP contribution in [0.3, 0.4) is 0 Å². The Kier molecular flexibility index (Phi) is 51.5. The molecule has 0 heterocycles. The number of hydrogen-bond acceptors (Lipinski definition) is 6. The molecular weight excluding hydrogens is 829 g/mol. The van der Waals surface area contributed by atoms with Gasteiger partial charge in [-0.25, -0.2) is 0 Å². The fourth-order valence-electron chi connectivity index (χ4n) is 7.42. The molecule has 0 aromatic heterocycles. The summed E-state index contributed by atoms with van der Waals surface area (Å²) in [4.78, 5) is 38.1. The van der Waals surface area contributed by atoms with E-state index in [2.05, 4.69) is 69.4 Å². The van der Waals surface area contributed by atoms with E-state index in [4.69, 9.17) is 14.2 Å². The van der Waals surface area contributed by atoms with E-state index in [1.165, 1.54) is 116 Å². The van der Waals surface area contributed by atoms with E-state index in [-0.39, 0.29) is 31.1 Å². The Hall–Kier alpha value is -3.93. The summed E-state index contributed by atoms with van der Waals surface area (Å²) in [6, 6.07) is 0. The second-order valence-electron chi connectivity index (χ2n) is 18.0. The van der Waals surface area contributed by atoms with Crippen molar-refractivity contribution in [1.29, 1.82) is 0 Å². The summed E-state index contributed by atoms with van der Waals surface area (Å²) in [5.74, 6) is -0.953. The van der Waals surface area contributed by atoms with Crippen LogP contribution in [-0.4, -0.2) is 37.2 Å². The highest BCUT2D eigenvalue weighted by Gasteiger charge is 2.19. The van der Waals surface area contributed by atoms with Crippen LogP contribution < -0.4 is 0 Å². The quantitative estimate of drug-likeness (QED) is 0.0262. The molecule has 0 N–H and O–H groups in total. The van der Waals surface area contributed by atoms with Crippen LogP contribution in [0.15, 0.2) is 109 Å². The maximum absolute atomic E-state index is 12.8. The van der Waals surface area contributed by atoms with Crippen LogP contribution in [0.1, 0.15) is 239 Å². The van der Waals surface area contributed by atoms with Gasteiger partial charge < -0.3 is 14.2 Å². The van der Waals surface area contributed by atoms with Crippen molar-refractivity contribution in [3.05, 3.63) is 109 Å². The molecule has 0 fully saturated rings. The Bertz CT molecular complexity index is 1390. The van der Waals surface area contributed by atoms with Gasteiger partial charge in [0.05, 0.1) is 0 Å². The molecule has 0 saturated heterocycles. The van der Waals surface area contributed by atoms with Crippen LogP contribution >= 0.6 is 0 Å². The molecule has 6 heteroatoms. The number of carbonyl (C=O) groups excluding carboxylic acids is 3. The zero-order chi connectivity index (χ0) is 48.6. The van der Waals surface area contributed by atoms with Crippen molar-refractivity contribution < 1.29 is 28.6 Å². The van der Waals surface area contributed by atoms with E-state index < -0.39 is 6.10 Å². The number of carbonyl (C=O) groups is 3. The van der Waals surface area contributed by atoms with Crippen molar-refractivity contribution in [1.82, 2.24) is 0 Å². The topological polar surface area (TPSA) is 78.9 Å². The predicted octanol–water partition coefficient (Wildman–Crippen LogP) is 18.3. The Morgan fingerprint density at radius 1 is 0.313 bits per heavy atom. The number of unbranched alkanes of at least 4 members (excludes halogenated alkanes) is 26. The summed E-state index contributed by atoms with van der Waals surface area (Å²) in [5, 5.41) is 0. The maximum Gasteiger partial charge on any atom is 0.306 e. The third kappa shape index (κ3) is 52.9. The van der Waals surface area contributed by atoms with Crippen LogP contribution in [0.2, 0.25) is 0 Å². The highest BCUT2D eigenvalue weighted by molar-refractivity contribution is 5.71. The Morgan fingerprint density at radius 2 is 0.582 bits per heavy atom. The molecule has 0 aromatic carbocycles. The van der Waals surface area contributed by atoms with Gasteiger partial charge >= 0.3 is 17.9 Å². The first-order valence-electron chi connectivity index (χ1n) is 27.5. The zero-order valence-corrected chi connectivity index (χ0v) is 43.4. The van der Waals surface area contributed by atoms with Gasteiger partial charge in [0.1, 0.15) is 13.2 Å². The second kappa shape index (κ2) is 54.7. The van der Waals surface area contributed by atoms with Crippen molar-refractivity contribution in [2.45, 2.75) is 245 Å². The average molecular weight is 929 g/mol. The van der Waals surface area contributed by atoms with Crippen LogP contribution in [0, 0.1) is 0 Å². The molecule has 0 aromatic rings. The zero-order valence-electron chi connectivity index (χ0n) is 43.4. The van der Waals surface area contributed by atoms with E-state index in [0.717, 1.165) is 83.5 Å². The summed E-state index contributed by atoms with van der Waals surface area (Å²) in [5.41, 5.74) is 0. The van der Waals surface area contributed by atoms with Crippen molar-refractivity contribution in [3.8, 4) is 0 Å².